The first-order chi connectivity index (χ1) is 12.9. The zero-order chi connectivity index (χ0) is 19.4. The molecule has 1 amide bonds. The van der Waals surface area contributed by atoms with E-state index in [4.69, 9.17) is 0 Å². The highest BCUT2D eigenvalue weighted by Crippen LogP contribution is 2.20. The number of sulfonamides is 1. The predicted octanol–water partition coefficient (Wildman–Crippen LogP) is 1.97. The Labute approximate surface area is 159 Å². The maximum atomic E-state index is 12.5. The number of rotatable bonds is 5. The fourth-order valence-electron chi connectivity index (χ4n) is 2.89. The molecule has 1 saturated heterocycles. The fourth-order valence-corrected chi connectivity index (χ4v) is 3.79. The Bertz CT molecular complexity index is 907. The Balaban J connectivity index is 1.72. The lowest BCUT2D eigenvalue weighted by molar-refractivity contribution is 0.102. The predicted molar refractivity (Wildman–Crippen MR) is 103 cm³/mol. The van der Waals surface area contributed by atoms with Crippen LogP contribution in [0.25, 0.3) is 0 Å². The maximum absolute atomic E-state index is 12.5. The van der Waals surface area contributed by atoms with Gasteiger partial charge in [-0.05, 0) is 43.5 Å². The first kappa shape index (κ1) is 19.2. The average Bonchev–Trinajstić information content (AvgIpc) is 2.69. The van der Waals surface area contributed by atoms with Crippen LogP contribution in [0.1, 0.15) is 29.6 Å². The number of amides is 1. The molecule has 3 rings (SSSR count). The minimum Gasteiger partial charge on any atom is -0.356 e. The molecule has 9 heteroatoms. The third kappa shape index (κ3) is 4.42. The summed E-state index contributed by atoms with van der Waals surface area (Å²) in [5, 5.41) is 2.74. The van der Waals surface area contributed by atoms with Crippen LogP contribution in [0.3, 0.4) is 0 Å². The second-order valence-corrected chi connectivity index (χ2v) is 8.73. The van der Waals surface area contributed by atoms with Crippen molar-refractivity contribution in [2.24, 2.45) is 0 Å². The van der Waals surface area contributed by atoms with Crippen molar-refractivity contribution in [3.8, 4) is 0 Å². The highest BCUT2D eigenvalue weighted by molar-refractivity contribution is 7.89. The molecule has 1 N–H and O–H groups in total. The van der Waals surface area contributed by atoms with Crippen molar-refractivity contribution >= 4 is 27.6 Å². The van der Waals surface area contributed by atoms with E-state index in [1.54, 1.807) is 6.07 Å². The number of anilines is 2. The molecule has 8 nitrogen and oxygen atoms in total. The maximum Gasteiger partial charge on any atom is 0.256 e. The molecule has 1 aromatic heterocycles. The molecule has 1 aromatic carbocycles. The van der Waals surface area contributed by atoms with Gasteiger partial charge in [-0.25, -0.2) is 22.7 Å². The lowest BCUT2D eigenvalue weighted by Crippen LogP contribution is -2.30. The molecule has 0 spiro atoms. The Hall–Kier alpha value is -2.52. The second-order valence-electron chi connectivity index (χ2n) is 6.58. The highest BCUT2D eigenvalue weighted by Gasteiger charge is 2.18. The van der Waals surface area contributed by atoms with Crippen molar-refractivity contribution in [2.45, 2.75) is 24.2 Å². The van der Waals surface area contributed by atoms with E-state index >= 15 is 0 Å². The summed E-state index contributed by atoms with van der Waals surface area (Å²) in [7, 11) is -0.594. The quantitative estimate of drug-likeness (QED) is 0.840. The molecule has 2 aromatic rings. The fraction of sp³-hybridized carbons (Fsp3) is 0.389. The Morgan fingerprint density at radius 3 is 2.37 bits per heavy atom. The summed E-state index contributed by atoms with van der Waals surface area (Å²) in [6.45, 7) is 1.90. The molecule has 0 aliphatic carbocycles. The number of carbonyl (C=O) groups is 1. The van der Waals surface area contributed by atoms with E-state index in [0.29, 0.717) is 11.4 Å². The van der Waals surface area contributed by atoms with Gasteiger partial charge >= 0.3 is 0 Å². The molecule has 2 heterocycles. The average molecular weight is 389 g/mol. The van der Waals surface area contributed by atoms with Gasteiger partial charge in [0.2, 0.25) is 10.0 Å². The van der Waals surface area contributed by atoms with E-state index in [1.165, 1.54) is 51.1 Å². The molecule has 1 fully saturated rings. The summed E-state index contributed by atoms with van der Waals surface area (Å²) < 4.78 is 25.3. The summed E-state index contributed by atoms with van der Waals surface area (Å²) in [5.41, 5.74) is 0.353. The van der Waals surface area contributed by atoms with Crippen molar-refractivity contribution in [1.82, 2.24) is 14.3 Å². The molecule has 0 saturated carbocycles. The summed E-state index contributed by atoms with van der Waals surface area (Å²) in [5.74, 6) is 0.861. The van der Waals surface area contributed by atoms with E-state index in [-0.39, 0.29) is 10.8 Å². The van der Waals surface area contributed by atoms with Crippen LogP contribution in [0.2, 0.25) is 0 Å². The first-order valence-electron chi connectivity index (χ1n) is 8.79. The minimum atomic E-state index is -3.52. The number of nitrogens with zero attached hydrogens (tertiary/aromatic N) is 4. The molecule has 0 bridgehead atoms. The first-order valence-corrected chi connectivity index (χ1v) is 10.2. The zero-order valence-corrected chi connectivity index (χ0v) is 16.2. The normalized spacial score (nSPS) is 15.0. The van der Waals surface area contributed by atoms with Crippen LogP contribution in [-0.2, 0) is 10.0 Å². The van der Waals surface area contributed by atoms with Crippen molar-refractivity contribution < 1.29 is 13.2 Å². The van der Waals surface area contributed by atoms with Crippen LogP contribution < -0.4 is 10.2 Å². The zero-order valence-electron chi connectivity index (χ0n) is 15.4. The third-order valence-corrected chi connectivity index (χ3v) is 6.30. The van der Waals surface area contributed by atoms with Crippen LogP contribution in [0.5, 0.6) is 0 Å². The number of hydrogen-bond donors (Lipinski definition) is 1. The van der Waals surface area contributed by atoms with E-state index in [1.807, 2.05) is 0 Å². The Morgan fingerprint density at radius 2 is 1.74 bits per heavy atom. The summed E-state index contributed by atoms with van der Waals surface area (Å²) in [6.07, 6.45) is 4.93. The second kappa shape index (κ2) is 8.01. The number of aromatic nitrogens is 2. The Morgan fingerprint density at radius 1 is 1.07 bits per heavy atom. The lowest BCUT2D eigenvalue weighted by atomic mass is 10.1. The van der Waals surface area contributed by atoms with Gasteiger partial charge in [0.15, 0.2) is 0 Å². The molecule has 0 atom stereocenters. The molecule has 144 valence electrons. The molecule has 1 aliphatic heterocycles. The molecule has 1 aliphatic rings. The van der Waals surface area contributed by atoms with Gasteiger partial charge in [0.1, 0.15) is 18.0 Å². The van der Waals surface area contributed by atoms with Gasteiger partial charge in [0, 0.05) is 38.8 Å². The minimum absolute atomic E-state index is 0.137. The number of benzene rings is 1. The highest BCUT2D eigenvalue weighted by atomic mass is 32.2. The molecule has 0 unspecified atom stereocenters. The number of piperidine rings is 1. The van der Waals surface area contributed by atoms with Gasteiger partial charge in [-0.1, -0.05) is 0 Å². The molecule has 0 radical (unpaired) electrons. The van der Waals surface area contributed by atoms with E-state index in [0.717, 1.165) is 36.1 Å². The topological polar surface area (TPSA) is 95.5 Å². The summed E-state index contributed by atoms with van der Waals surface area (Å²) in [6, 6.07) is 7.57. The SMILES string of the molecule is CN(C)S(=O)(=O)c1ccc(C(=O)Nc2cc(N3CCCCC3)ncn2)cc1. The van der Waals surface area contributed by atoms with Gasteiger partial charge in [-0.15, -0.1) is 0 Å². The van der Waals surface area contributed by atoms with Gasteiger partial charge in [-0.2, -0.15) is 0 Å². The molecular weight excluding hydrogens is 366 g/mol. The van der Waals surface area contributed by atoms with Crippen LogP contribution >= 0.6 is 0 Å². The third-order valence-electron chi connectivity index (χ3n) is 4.47. The van der Waals surface area contributed by atoms with Crippen molar-refractivity contribution in [2.75, 3.05) is 37.4 Å². The molecule has 27 heavy (non-hydrogen) atoms. The van der Waals surface area contributed by atoms with Crippen LogP contribution in [0.4, 0.5) is 11.6 Å². The lowest BCUT2D eigenvalue weighted by Gasteiger charge is -2.27. The Kier molecular flexibility index (Phi) is 5.71. The van der Waals surface area contributed by atoms with Crippen LogP contribution in [0.15, 0.2) is 41.6 Å². The summed E-state index contributed by atoms with van der Waals surface area (Å²) in [4.78, 5) is 23.2. The number of hydrogen-bond acceptors (Lipinski definition) is 6. The number of carbonyl (C=O) groups excluding carboxylic acids is 1. The monoisotopic (exact) mass is 389 g/mol. The van der Waals surface area contributed by atoms with Crippen molar-refractivity contribution in [3.05, 3.63) is 42.2 Å². The van der Waals surface area contributed by atoms with E-state index in [9.17, 15) is 13.2 Å². The number of nitrogens with one attached hydrogen (secondary N) is 1. The van der Waals surface area contributed by atoms with E-state index < -0.39 is 10.0 Å². The van der Waals surface area contributed by atoms with Crippen molar-refractivity contribution in [3.63, 3.8) is 0 Å². The van der Waals surface area contributed by atoms with Gasteiger partial charge < -0.3 is 10.2 Å². The van der Waals surface area contributed by atoms with Gasteiger partial charge in [0.25, 0.3) is 5.91 Å². The molecular formula is C18H23N5O3S. The van der Waals surface area contributed by atoms with Crippen LogP contribution in [-0.4, -0.2) is 55.8 Å². The van der Waals surface area contributed by atoms with Crippen LogP contribution in [0, 0.1) is 0 Å². The van der Waals surface area contributed by atoms with Gasteiger partial charge in [-0.3, -0.25) is 4.79 Å². The van der Waals surface area contributed by atoms with Crippen molar-refractivity contribution in [1.29, 1.82) is 0 Å². The van der Waals surface area contributed by atoms with Gasteiger partial charge in [0.05, 0.1) is 4.90 Å². The standard InChI is InChI=1S/C18H23N5O3S/c1-22(2)27(25,26)15-8-6-14(7-9-15)18(24)21-16-12-17(20-13-19-16)23-10-4-3-5-11-23/h6-9,12-13H,3-5,10-11H2,1-2H3,(H,19,20,21,24). The largest absolute Gasteiger partial charge is 0.356 e. The summed E-state index contributed by atoms with van der Waals surface area (Å²) >= 11 is 0. The smallest absolute Gasteiger partial charge is 0.256 e. The van der Waals surface area contributed by atoms with E-state index in [2.05, 4.69) is 20.2 Å².